The minimum atomic E-state index is -0.355. The monoisotopic (exact) mass is 285 g/mol. The zero-order valence-corrected chi connectivity index (χ0v) is 13.5. The Balaban J connectivity index is 2.06. The van der Waals surface area contributed by atoms with Crippen molar-refractivity contribution in [1.29, 1.82) is 0 Å². The van der Waals surface area contributed by atoms with Gasteiger partial charge in [0.1, 0.15) is 0 Å². The predicted octanol–water partition coefficient (Wildman–Crippen LogP) is 0.881. The van der Waals surface area contributed by atoms with Crippen LogP contribution in [0, 0.1) is 0 Å². The number of ether oxygens (including phenoxy) is 2. The Bertz CT molecular complexity index is 305. The van der Waals surface area contributed by atoms with Crippen LogP contribution >= 0.6 is 0 Å². The molecule has 0 amide bonds. The third-order valence-electron chi connectivity index (χ3n) is 4.67. The smallest absolute Gasteiger partial charge is 0.170 e. The van der Waals surface area contributed by atoms with Crippen LogP contribution in [-0.2, 0) is 9.47 Å². The topological polar surface area (TPSA) is 51.0 Å². The standard InChI is InChI=1S/C15H31N3O2/c1-5-18(12(2)11-17(3)4)14-10-15(7-6-13(14)16)19-8-9-20-15/h12-14H,5-11,16H2,1-4H3. The molecule has 0 bridgehead atoms. The molecule has 0 aromatic heterocycles. The van der Waals surface area contributed by atoms with Crippen molar-refractivity contribution in [1.82, 2.24) is 9.80 Å². The van der Waals surface area contributed by atoms with Crippen LogP contribution in [0.4, 0.5) is 0 Å². The quantitative estimate of drug-likeness (QED) is 0.813. The van der Waals surface area contributed by atoms with E-state index in [4.69, 9.17) is 15.2 Å². The van der Waals surface area contributed by atoms with Gasteiger partial charge in [-0.05, 0) is 34.0 Å². The van der Waals surface area contributed by atoms with Gasteiger partial charge in [-0.2, -0.15) is 0 Å². The van der Waals surface area contributed by atoms with Gasteiger partial charge in [-0.25, -0.2) is 0 Å². The van der Waals surface area contributed by atoms with Gasteiger partial charge < -0.3 is 20.1 Å². The van der Waals surface area contributed by atoms with Gasteiger partial charge in [-0.15, -0.1) is 0 Å². The molecule has 1 saturated heterocycles. The summed E-state index contributed by atoms with van der Waals surface area (Å²) in [7, 11) is 4.24. The summed E-state index contributed by atoms with van der Waals surface area (Å²) < 4.78 is 11.8. The molecule has 0 aromatic carbocycles. The van der Waals surface area contributed by atoms with Crippen molar-refractivity contribution in [3.05, 3.63) is 0 Å². The van der Waals surface area contributed by atoms with Gasteiger partial charge in [0.05, 0.1) is 13.2 Å². The van der Waals surface area contributed by atoms with Crippen LogP contribution in [0.15, 0.2) is 0 Å². The predicted molar refractivity (Wildman–Crippen MR) is 80.6 cm³/mol. The van der Waals surface area contributed by atoms with Crippen molar-refractivity contribution in [3.63, 3.8) is 0 Å². The van der Waals surface area contributed by atoms with E-state index in [0.717, 1.165) is 45.6 Å². The first-order valence-electron chi connectivity index (χ1n) is 7.91. The number of hydrogen-bond donors (Lipinski definition) is 1. The molecular formula is C15H31N3O2. The molecule has 1 aliphatic carbocycles. The first-order chi connectivity index (χ1) is 9.47. The number of nitrogens with two attached hydrogens (primary N) is 1. The fourth-order valence-corrected chi connectivity index (χ4v) is 3.78. The van der Waals surface area contributed by atoms with Crippen LogP contribution in [0.5, 0.6) is 0 Å². The molecule has 1 spiro atoms. The zero-order chi connectivity index (χ0) is 14.8. The van der Waals surface area contributed by atoms with Crippen LogP contribution < -0.4 is 5.73 Å². The van der Waals surface area contributed by atoms with Crippen LogP contribution in [0.25, 0.3) is 0 Å². The minimum absolute atomic E-state index is 0.220. The first kappa shape index (κ1) is 16.2. The highest BCUT2D eigenvalue weighted by atomic mass is 16.7. The molecule has 2 aliphatic rings. The number of hydrogen-bond acceptors (Lipinski definition) is 5. The molecule has 20 heavy (non-hydrogen) atoms. The van der Waals surface area contributed by atoms with Crippen molar-refractivity contribution in [2.24, 2.45) is 5.73 Å². The summed E-state index contributed by atoms with van der Waals surface area (Å²) in [5.74, 6) is -0.355. The van der Waals surface area contributed by atoms with Gasteiger partial charge >= 0.3 is 0 Å². The lowest BCUT2D eigenvalue weighted by atomic mass is 9.84. The fraction of sp³-hybridized carbons (Fsp3) is 1.00. The van der Waals surface area contributed by atoms with Crippen molar-refractivity contribution >= 4 is 0 Å². The number of nitrogens with zero attached hydrogens (tertiary/aromatic N) is 2. The highest BCUT2D eigenvalue weighted by Gasteiger charge is 2.46. The van der Waals surface area contributed by atoms with Gasteiger partial charge in [-0.1, -0.05) is 6.92 Å². The lowest BCUT2D eigenvalue weighted by Crippen LogP contribution is -2.59. The van der Waals surface area contributed by atoms with E-state index < -0.39 is 0 Å². The lowest BCUT2D eigenvalue weighted by molar-refractivity contribution is -0.193. The Kier molecular flexibility index (Phi) is 5.42. The third kappa shape index (κ3) is 3.52. The second-order valence-electron chi connectivity index (χ2n) is 6.52. The first-order valence-corrected chi connectivity index (χ1v) is 7.91. The maximum atomic E-state index is 6.41. The summed E-state index contributed by atoms with van der Waals surface area (Å²) in [5.41, 5.74) is 6.41. The van der Waals surface area contributed by atoms with Crippen LogP contribution in [-0.4, -0.2) is 74.1 Å². The number of likely N-dealkylation sites (N-methyl/N-ethyl adjacent to an activating group) is 2. The van der Waals surface area contributed by atoms with Crippen LogP contribution in [0.1, 0.15) is 33.1 Å². The molecule has 3 unspecified atom stereocenters. The van der Waals surface area contributed by atoms with E-state index >= 15 is 0 Å². The highest BCUT2D eigenvalue weighted by Crippen LogP contribution is 2.37. The molecule has 5 heteroatoms. The largest absolute Gasteiger partial charge is 0.347 e. The molecule has 5 nitrogen and oxygen atoms in total. The second kappa shape index (κ2) is 6.71. The molecule has 2 rings (SSSR count). The fourth-order valence-electron chi connectivity index (χ4n) is 3.78. The molecule has 118 valence electrons. The Hall–Kier alpha value is -0.200. The summed E-state index contributed by atoms with van der Waals surface area (Å²) in [6.07, 6.45) is 2.82. The Morgan fingerprint density at radius 1 is 1.30 bits per heavy atom. The molecule has 1 aliphatic heterocycles. The molecule has 0 aromatic rings. The van der Waals surface area contributed by atoms with E-state index in [1.807, 2.05) is 0 Å². The summed E-state index contributed by atoms with van der Waals surface area (Å²) in [4.78, 5) is 4.76. The Morgan fingerprint density at radius 2 is 1.95 bits per heavy atom. The molecule has 3 atom stereocenters. The van der Waals surface area contributed by atoms with E-state index in [0.29, 0.717) is 12.1 Å². The number of rotatable bonds is 5. The molecule has 1 saturated carbocycles. The normalized spacial score (nSPS) is 31.4. The molecule has 1 heterocycles. The van der Waals surface area contributed by atoms with Crippen molar-refractivity contribution in [2.45, 2.75) is 57.0 Å². The van der Waals surface area contributed by atoms with Gasteiger partial charge in [0.25, 0.3) is 0 Å². The second-order valence-corrected chi connectivity index (χ2v) is 6.52. The van der Waals surface area contributed by atoms with E-state index in [2.05, 4.69) is 37.7 Å². The summed E-state index contributed by atoms with van der Waals surface area (Å²) in [6, 6.07) is 1.06. The van der Waals surface area contributed by atoms with Gasteiger partial charge in [0.15, 0.2) is 5.79 Å². The average Bonchev–Trinajstić information content (AvgIpc) is 2.82. The van der Waals surface area contributed by atoms with E-state index in [1.54, 1.807) is 0 Å². The Morgan fingerprint density at radius 3 is 2.50 bits per heavy atom. The molecule has 2 N–H and O–H groups in total. The Labute approximate surface area is 123 Å². The summed E-state index contributed by atoms with van der Waals surface area (Å²) in [6.45, 7) is 8.02. The molecular weight excluding hydrogens is 254 g/mol. The van der Waals surface area contributed by atoms with E-state index in [-0.39, 0.29) is 11.8 Å². The van der Waals surface area contributed by atoms with Crippen molar-refractivity contribution in [3.8, 4) is 0 Å². The van der Waals surface area contributed by atoms with Gasteiger partial charge in [0.2, 0.25) is 0 Å². The maximum Gasteiger partial charge on any atom is 0.170 e. The van der Waals surface area contributed by atoms with Crippen molar-refractivity contribution in [2.75, 3.05) is 40.4 Å². The van der Waals surface area contributed by atoms with E-state index in [9.17, 15) is 0 Å². The SMILES string of the molecule is CCN(C(C)CN(C)C)C1CC2(CCC1N)OCCO2. The lowest BCUT2D eigenvalue weighted by Gasteiger charge is -2.46. The summed E-state index contributed by atoms with van der Waals surface area (Å²) in [5, 5.41) is 0. The summed E-state index contributed by atoms with van der Waals surface area (Å²) >= 11 is 0. The van der Waals surface area contributed by atoms with Gasteiger partial charge in [0, 0.05) is 37.5 Å². The zero-order valence-electron chi connectivity index (χ0n) is 13.5. The minimum Gasteiger partial charge on any atom is -0.347 e. The maximum absolute atomic E-state index is 6.41. The highest BCUT2D eigenvalue weighted by molar-refractivity contribution is 4.96. The van der Waals surface area contributed by atoms with Crippen LogP contribution in [0.2, 0.25) is 0 Å². The average molecular weight is 285 g/mol. The van der Waals surface area contributed by atoms with Crippen molar-refractivity contribution < 1.29 is 9.47 Å². The third-order valence-corrected chi connectivity index (χ3v) is 4.67. The van der Waals surface area contributed by atoms with Gasteiger partial charge in [-0.3, -0.25) is 4.90 Å². The van der Waals surface area contributed by atoms with Crippen LogP contribution in [0.3, 0.4) is 0 Å². The molecule has 2 fully saturated rings. The molecule has 0 radical (unpaired) electrons. The van der Waals surface area contributed by atoms with E-state index in [1.165, 1.54) is 0 Å².